The number of piperazine rings is 1. The summed E-state index contributed by atoms with van der Waals surface area (Å²) in [5.41, 5.74) is 3.38. The molecule has 0 bridgehead atoms. The van der Waals surface area contributed by atoms with E-state index in [2.05, 4.69) is 64.3 Å². The Morgan fingerprint density at radius 3 is 2.34 bits per heavy atom. The van der Waals surface area contributed by atoms with Crippen molar-refractivity contribution in [3.63, 3.8) is 0 Å². The fourth-order valence-electron chi connectivity index (χ4n) is 6.47. The van der Waals surface area contributed by atoms with Gasteiger partial charge in [0.05, 0.1) is 6.54 Å². The number of amides is 4. The van der Waals surface area contributed by atoms with Gasteiger partial charge in [0, 0.05) is 13.1 Å². The molecule has 0 aromatic heterocycles. The van der Waals surface area contributed by atoms with Gasteiger partial charge in [-0.15, -0.1) is 0 Å². The number of rotatable bonds is 8. The van der Waals surface area contributed by atoms with E-state index in [0.717, 1.165) is 49.0 Å². The van der Waals surface area contributed by atoms with Gasteiger partial charge in [-0.25, -0.2) is 4.79 Å². The summed E-state index contributed by atoms with van der Waals surface area (Å²) < 4.78 is 0. The van der Waals surface area contributed by atoms with Gasteiger partial charge in [-0.1, -0.05) is 52.3 Å². The second kappa shape index (κ2) is 12.1. The highest BCUT2D eigenvalue weighted by atomic mass is 16.2. The van der Waals surface area contributed by atoms with Crippen molar-refractivity contribution in [1.82, 2.24) is 25.3 Å². The molecule has 4 amide bonds. The van der Waals surface area contributed by atoms with Crippen molar-refractivity contribution >= 4 is 17.8 Å². The number of fused-ring (bicyclic) bond motifs is 1. The zero-order chi connectivity index (χ0) is 27.6. The van der Waals surface area contributed by atoms with Crippen LogP contribution in [0.1, 0.15) is 70.1 Å². The molecule has 3 fully saturated rings. The smallest absolute Gasteiger partial charge is 0.320 e. The van der Waals surface area contributed by atoms with Crippen LogP contribution in [0, 0.1) is 31.6 Å². The predicted octanol–water partition coefficient (Wildman–Crippen LogP) is 3.65. The van der Waals surface area contributed by atoms with Gasteiger partial charge in [0.1, 0.15) is 18.2 Å². The highest BCUT2D eigenvalue weighted by Crippen LogP contribution is 2.36. The number of nitrogens with zero attached hydrogens (tertiary/aromatic N) is 3. The van der Waals surface area contributed by atoms with Crippen LogP contribution in [0.3, 0.4) is 0 Å². The Morgan fingerprint density at radius 1 is 1.08 bits per heavy atom. The first-order chi connectivity index (χ1) is 18.1. The Balaban J connectivity index is 1.64. The van der Waals surface area contributed by atoms with Crippen molar-refractivity contribution in [3.05, 3.63) is 34.9 Å². The van der Waals surface area contributed by atoms with E-state index in [0.29, 0.717) is 32.0 Å². The van der Waals surface area contributed by atoms with Gasteiger partial charge in [0.2, 0.25) is 11.8 Å². The van der Waals surface area contributed by atoms with E-state index in [4.69, 9.17) is 0 Å². The van der Waals surface area contributed by atoms with E-state index < -0.39 is 18.2 Å². The number of hydrogen-bond acceptors (Lipinski definition) is 4. The summed E-state index contributed by atoms with van der Waals surface area (Å²) in [6, 6.07) is 4.82. The molecule has 8 nitrogen and oxygen atoms in total. The van der Waals surface area contributed by atoms with Crippen LogP contribution in [0.15, 0.2) is 18.2 Å². The van der Waals surface area contributed by atoms with Crippen LogP contribution in [0.25, 0.3) is 0 Å². The molecule has 3 aliphatic rings. The highest BCUT2D eigenvalue weighted by molar-refractivity contribution is 5.96. The molecular formula is C30H47N5O3. The van der Waals surface area contributed by atoms with E-state index in [9.17, 15) is 14.4 Å². The topological polar surface area (TPSA) is 85.0 Å². The molecule has 2 unspecified atom stereocenters. The minimum atomic E-state index is -0.559. The summed E-state index contributed by atoms with van der Waals surface area (Å²) in [5, 5.41) is 6.55. The molecule has 4 atom stereocenters. The lowest BCUT2D eigenvalue weighted by atomic mass is 9.91. The SMILES string of the molecule is CCC(C)[C@H]1C(=O)N(CC2CCNCC2)CC2N1C(=O)[C@H](CC(C)C)N2C(=O)NCc1c(C)cccc1C. The van der Waals surface area contributed by atoms with Crippen molar-refractivity contribution < 1.29 is 14.4 Å². The Hall–Kier alpha value is -2.61. The average molecular weight is 526 g/mol. The maximum atomic E-state index is 14.0. The van der Waals surface area contributed by atoms with Crippen LogP contribution in [-0.4, -0.2) is 77.0 Å². The number of nitrogens with one attached hydrogen (secondary N) is 2. The summed E-state index contributed by atoms with van der Waals surface area (Å²) in [5.74, 6) is 0.666. The molecular weight excluding hydrogens is 478 g/mol. The molecule has 1 aromatic rings. The first-order valence-corrected chi connectivity index (χ1v) is 14.6. The monoisotopic (exact) mass is 525 g/mol. The number of carbonyl (C=O) groups is 3. The van der Waals surface area contributed by atoms with E-state index >= 15 is 0 Å². The molecule has 1 aromatic carbocycles. The van der Waals surface area contributed by atoms with Crippen molar-refractivity contribution in [3.8, 4) is 0 Å². The van der Waals surface area contributed by atoms with Gasteiger partial charge in [-0.2, -0.15) is 0 Å². The summed E-state index contributed by atoms with van der Waals surface area (Å²) in [7, 11) is 0. The Labute approximate surface area is 228 Å². The largest absolute Gasteiger partial charge is 0.337 e. The lowest BCUT2D eigenvalue weighted by molar-refractivity contribution is -0.156. The van der Waals surface area contributed by atoms with Gasteiger partial charge >= 0.3 is 6.03 Å². The molecule has 3 saturated heterocycles. The number of urea groups is 1. The van der Waals surface area contributed by atoms with Crippen LogP contribution in [0.4, 0.5) is 4.79 Å². The van der Waals surface area contributed by atoms with Gasteiger partial charge in [0.25, 0.3) is 0 Å². The maximum absolute atomic E-state index is 14.0. The second-order valence-corrected chi connectivity index (χ2v) is 12.1. The van der Waals surface area contributed by atoms with E-state index in [-0.39, 0.29) is 29.7 Å². The molecule has 8 heteroatoms. The number of piperidine rings is 1. The second-order valence-electron chi connectivity index (χ2n) is 12.1. The molecule has 3 aliphatic heterocycles. The van der Waals surface area contributed by atoms with Gasteiger partial charge in [-0.05, 0) is 80.6 Å². The minimum Gasteiger partial charge on any atom is -0.337 e. The lowest BCUT2D eigenvalue weighted by Crippen LogP contribution is -2.66. The molecule has 3 heterocycles. The highest BCUT2D eigenvalue weighted by Gasteiger charge is 2.57. The van der Waals surface area contributed by atoms with Crippen LogP contribution in [0.5, 0.6) is 0 Å². The normalized spacial score (nSPS) is 25.2. The summed E-state index contributed by atoms with van der Waals surface area (Å²) in [6.07, 6.45) is 3.02. The number of hydrogen-bond donors (Lipinski definition) is 2. The van der Waals surface area contributed by atoms with Gasteiger partial charge in [0.15, 0.2) is 0 Å². The third kappa shape index (κ3) is 5.70. The molecule has 2 N–H and O–H groups in total. The number of aryl methyl sites for hydroxylation is 2. The first kappa shape index (κ1) is 28.4. The Kier molecular flexibility index (Phi) is 9.01. The predicted molar refractivity (Wildman–Crippen MR) is 149 cm³/mol. The van der Waals surface area contributed by atoms with Crippen molar-refractivity contribution in [1.29, 1.82) is 0 Å². The molecule has 0 spiro atoms. The van der Waals surface area contributed by atoms with Crippen LogP contribution >= 0.6 is 0 Å². The molecule has 4 rings (SSSR count). The summed E-state index contributed by atoms with van der Waals surface area (Å²) in [4.78, 5) is 47.2. The summed E-state index contributed by atoms with van der Waals surface area (Å²) >= 11 is 0. The average Bonchev–Trinajstić information content (AvgIpc) is 3.14. The molecule has 0 saturated carbocycles. The Morgan fingerprint density at radius 2 is 1.74 bits per heavy atom. The maximum Gasteiger partial charge on any atom is 0.320 e. The first-order valence-electron chi connectivity index (χ1n) is 14.6. The fraction of sp³-hybridized carbons (Fsp3) is 0.700. The van der Waals surface area contributed by atoms with Gasteiger partial charge < -0.3 is 20.4 Å². The third-order valence-corrected chi connectivity index (χ3v) is 8.88. The standard InChI is InChI=1S/C30H47N5O3/c1-7-20(4)27-29(37)33(17-23-11-13-31-14-12-23)18-26-34(25(15-19(2)3)28(36)35(26)27)30(38)32-16-24-21(5)9-8-10-22(24)6/h8-10,19-20,23,25-27,31H,7,11-18H2,1-6H3,(H,32,38)/t20?,25-,26?,27-/m0/s1. The number of benzene rings is 1. The number of carbonyl (C=O) groups excluding carboxylic acids is 3. The molecule has 38 heavy (non-hydrogen) atoms. The minimum absolute atomic E-state index is 0.0158. The fourth-order valence-corrected chi connectivity index (χ4v) is 6.47. The van der Waals surface area contributed by atoms with Crippen LogP contribution in [-0.2, 0) is 16.1 Å². The van der Waals surface area contributed by atoms with E-state index in [1.54, 1.807) is 9.80 Å². The van der Waals surface area contributed by atoms with E-state index in [1.807, 2.05) is 11.0 Å². The molecule has 210 valence electrons. The Bertz CT molecular complexity index is 1000. The summed E-state index contributed by atoms with van der Waals surface area (Å²) in [6.45, 7) is 15.8. The van der Waals surface area contributed by atoms with Crippen LogP contribution in [0.2, 0.25) is 0 Å². The molecule has 0 radical (unpaired) electrons. The van der Waals surface area contributed by atoms with Crippen LogP contribution < -0.4 is 10.6 Å². The van der Waals surface area contributed by atoms with Crippen molar-refractivity contribution in [2.45, 2.75) is 92.0 Å². The zero-order valence-corrected chi connectivity index (χ0v) is 24.1. The lowest BCUT2D eigenvalue weighted by Gasteiger charge is -2.47. The van der Waals surface area contributed by atoms with Crippen molar-refractivity contribution in [2.75, 3.05) is 26.2 Å². The quantitative estimate of drug-likeness (QED) is 0.543. The zero-order valence-electron chi connectivity index (χ0n) is 24.1. The molecule has 0 aliphatic carbocycles. The third-order valence-electron chi connectivity index (χ3n) is 8.88. The van der Waals surface area contributed by atoms with Crippen molar-refractivity contribution in [2.24, 2.45) is 17.8 Å². The van der Waals surface area contributed by atoms with Gasteiger partial charge in [-0.3, -0.25) is 14.5 Å². The van der Waals surface area contributed by atoms with E-state index in [1.165, 1.54) is 0 Å².